The number of nitrogens with zero attached hydrogens (tertiary/aromatic N) is 2. The van der Waals surface area contributed by atoms with Crippen LogP contribution in [-0.4, -0.2) is 16.5 Å². The van der Waals surface area contributed by atoms with E-state index in [4.69, 9.17) is 0 Å². The van der Waals surface area contributed by atoms with Gasteiger partial charge in [-0.2, -0.15) is 0 Å². The molecule has 26 heavy (non-hydrogen) atoms. The molecule has 0 unspecified atom stereocenters. The third kappa shape index (κ3) is 3.66. The van der Waals surface area contributed by atoms with E-state index >= 15 is 0 Å². The summed E-state index contributed by atoms with van der Waals surface area (Å²) < 4.78 is 27.2. The van der Waals surface area contributed by atoms with Crippen LogP contribution in [0.1, 0.15) is 11.3 Å². The average molecular weight is 375 g/mol. The van der Waals surface area contributed by atoms with Gasteiger partial charge in [0.05, 0.1) is 11.9 Å². The lowest BCUT2D eigenvalue weighted by atomic mass is 10.1. The van der Waals surface area contributed by atoms with Crippen LogP contribution >= 0.6 is 12.4 Å². The van der Waals surface area contributed by atoms with Crippen LogP contribution < -0.4 is 10.6 Å². The zero-order valence-electron chi connectivity index (χ0n) is 13.8. The highest BCUT2D eigenvalue weighted by Gasteiger charge is 2.12. The van der Waals surface area contributed by atoms with E-state index in [0.29, 0.717) is 11.4 Å². The summed E-state index contributed by atoms with van der Waals surface area (Å²) in [4.78, 5) is 8.77. The Hall–Kier alpha value is -2.57. The molecule has 0 fully saturated rings. The molecule has 0 aliphatic carbocycles. The molecule has 3 aromatic rings. The van der Waals surface area contributed by atoms with Crippen LogP contribution in [0.15, 0.2) is 48.8 Å². The van der Waals surface area contributed by atoms with Crippen molar-refractivity contribution in [1.29, 1.82) is 0 Å². The third-order valence-electron chi connectivity index (χ3n) is 4.21. The Morgan fingerprint density at radius 2 is 1.92 bits per heavy atom. The van der Waals surface area contributed by atoms with Crippen LogP contribution in [0.25, 0.3) is 11.1 Å². The number of hydrogen-bond acceptors (Lipinski definition) is 4. The van der Waals surface area contributed by atoms with Crippen LogP contribution in [0.2, 0.25) is 0 Å². The Balaban J connectivity index is 0.00000196. The molecule has 0 saturated carbocycles. The molecule has 0 radical (unpaired) electrons. The minimum atomic E-state index is -0.867. The largest absolute Gasteiger partial charge is 0.339 e. The standard InChI is InChI=1S/C19H16F2N4.ClH/c20-16-3-1-2-15(19(16)21)12-4-5-18(24-10-12)25-14-8-13-9-22-7-6-17(13)23-11-14;/h1-5,8,10-11,22H,6-7,9H2,(H,24,25);1H. The van der Waals surface area contributed by atoms with E-state index in [0.717, 1.165) is 37.0 Å². The first kappa shape index (κ1) is 18.2. The van der Waals surface area contributed by atoms with Gasteiger partial charge in [0.15, 0.2) is 11.6 Å². The number of hydrogen-bond donors (Lipinski definition) is 2. The maximum atomic E-state index is 13.9. The van der Waals surface area contributed by atoms with Gasteiger partial charge in [-0.25, -0.2) is 13.8 Å². The number of halogens is 3. The van der Waals surface area contributed by atoms with E-state index in [9.17, 15) is 8.78 Å². The van der Waals surface area contributed by atoms with E-state index in [1.54, 1.807) is 18.3 Å². The second-order valence-electron chi connectivity index (χ2n) is 5.92. The molecule has 134 valence electrons. The molecule has 3 heterocycles. The number of nitrogens with one attached hydrogen (secondary N) is 2. The van der Waals surface area contributed by atoms with Gasteiger partial charge in [-0.1, -0.05) is 12.1 Å². The summed E-state index contributed by atoms with van der Waals surface area (Å²) in [5.41, 5.74) is 3.86. The number of anilines is 2. The maximum absolute atomic E-state index is 13.9. The van der Waals surface area contributed by atoms with Gasteiger partial charge in [0.1, 0.15) is 5.82 Å². The molecule has 0 spiro atoms. The topological polar surface area (TPSA) is 49.8 Å². The number of fused-ring (bicyclic) bond motifs is 1. The van der Waals surface area contributed by atoms with Gasteiger partial charge >= 0.3 is 0 Å². The lowest BCUT2D eigenvalue weighted by Crippen LogP contribution is -2.24. The number of benzene rings is 1. The van der Waals surface area contributed by atoms with Gasteiger partial charge in [-0.05, 0) is 29.8 Å². The summed E-state index contributed by atoms with van der Waals surface area (Å²) in [5, 5.41) is 6.51. The molecule has 0 amide bonds. The van der Waals surface area contributed by atoms with Gasteiger partial charge in [-0.15, -0.1) is 12.4 Å². The van der Waals surface area contributed by atoms with E-state index < -0.39 is 11.6 Å². The lowest BCUT2D eigenvalue weighted by Gasteiger charge is -2.17. The Morgan fingerprint density at radius 3 is 2.73 bits per heavy atom. The minimum absolute atomic E-state index is 0. The van der Waals surface area contributed by atoms with Crippen molar-refractivity contribution in [1.82, 2.24) is 15.3 Å². The zero-order valence-corrected chi connectivity index (χ0v) is 14.6. The van der Waals surface area contributed by atoms with Crippen molar-refractivity contribution in [3.05, 3.63) is 71.7 Å². The molecule has 0 saturated heterocycles. The molecule has 0 atom stereocenters. The van der Waals surface area contributed by atoms with Gasteiger partial charge in [0.2, 0.25) is 0 Å². The fourth-order valence-corrected chi connectivity index (χ4v) is 2.92. The van der Waals surface area contributed by atoms with Crippen molar-refractivity contribution < 1.29 is 8.78 Å². The molecule has 2 N–H and O–H groups in total. The van der Waals surface area contributed by atoms with Gasteiger partial charge in [0, 0.05) is 42.5 Å². The molecule has 7 heteroatoms. The first-order valence-electron chi connectivity index (χ1n) is 8.07. The fourth-order valence-electron chi connectivity index (χ4n) is 2.92. The van der Waals surface area contributed by atoms with E-state index in [2.05, 4.69) is 26.7 Å². The summed E-state index contributed by atoms with van der Waals surface area (Å²) >= 11 is 0. The van der Waals surface area contributed by atoms with Crippen LogP contribution in [0, 0.1) is 11.6 Å². The number of rotatable bonds is 3. The van der Waals surface area contributed by atoms with Crippen LogP contribution in [0.5, 0.6) is 0 Å². The number of aromatic nitrogens is 2. The van der Waals surface area contributed by atoms with Crippen LogP contribution in [0.3, 0.4) is 0 Å². The molecule has 1 aliphatic heterocycles. The maximum Gasteiger partial charge on any atom is 0.166 e. The number of pyridine rings is 2. The molecular formula is C19H17ClF2N4. The predicted molar refractivity (Wildman–Crippen MR) is 99.8 cm³/mol. The summed E-state index contributed by atoms with van der Waals surface area (Å²) in [6.07, 6.45) is 4.24. The Morgan fingerprint density at radius 1 is 1.04 bits per heavy atom. The fraction of sp³-hybridized carbons (Fsp3) is 0.158. The Bertz CT molecular complexity index is 916. The van der Waals surface area contributed by atoms with Crippen molar-refractivity contribution >= 4 is 23.9 Å². The monoisotopic (exact) mass is 374 g/mol. The highest BCUT2D eigenvalue weighted by molar-refractivity contribution is 5.85. The lowest BCUT2D eigenvalue weighted by molar-refractivity contribution is 0.511. The van der Waals surface area contributed by atoms with Gasteiger partial charge < -0.3 is 10.6 Å². The normalized spacial score (nSPS) is 12.8. The molecule has 2 aromatic heterocycles. The van der Waals surface area contributed by atoms with Crippen molar-refractivity contribution in [2.24, 2.45) is 0 Å². The Labute approximate surface area is 156 Å². The first-order valence-corrected chi connectivity index (χ1v) is 8.07. The Kier molecular flexibility index (Phi) is 5.44. The van der Waals surface area contributed by atoms with Gasteiger partial charge in [0.25, 0.3) is 0 Å². The van der Waals surface area contributed by atoms with E-state index in [1.807, 2.05) is 0 Å². The highest BCUT2D eigenvalue weighted by atomic mass is 35.5. The molecule has 4 rings (SSSR count). The quantitative estimate of drug-likeness (QED) is 0.720. The molecule has 1 aliphatic rings. The smallest absolute Gasteiger partial charge is 0.166 e. The predicted octanol–water partition coefficient (Wildman–Crippen LogP) is 4.23. The van der Waals surface area contributed by atoms with Crippen molar-refractivity contribution in [3.8, 4) is 11.1 Å². The second-order valence-corrected chi connectivity index (χ2v) is 5.92. The van der Waals surface area contributed by atoms with E-state index in [1.165, 1.54) is 23.9 Å². The first-order chi connectivity index (χ1) is 12.2. The summed E-state index contributed by atoms with van der Waals surface area (Å²) in [6.45, 7) is 1.76. The van der Waals surface area contributed by atoms with Crippen LogP contribution in [-0.2, 0) is 13.0 Å². The van der Waals surface area contributed by atoms with Crippen molar-refractivity contribution in [3.63, 3.8) is 0 Å². The van der Waals surface area contributed by atoms with Crippen molar-refractivity contribution in [2.75, 3.05) is 11.9 Å². The molecule has 0 bridgehead atoms. The van der Waals surface area contributed by atoms with Gasteiger partial charge in [-0.3, -0.25) is 4.98 Å². The minimum Gasteiger partial charge on any atom is -0.339 e. The SMILES string of the molecule is Cl.Fc1cccc(-c2ccc(Nc3cnc4c(c3)CNCC4)nc2)c1F. The summed E-state index contributed by atoms with van der Waals surface area (Å²) in [5.74, 6) is -1.11. The molecule has 1 aromatic carbocycles. The molecular weight excluding hydrogens is 358 g/mol. The summed E-state index contributed by atoms with van der Waals surface area (Å²) in [7, 11) is 0. The van der Waals surface area contributed by atoms with Crippen molar-refractivity contribution in [2.45, 2.75) is 13.0 Å². The highest BCUT2D eigenvalue weighted by Crippen LogP contribution is 2.25. The summed E-state index contributed by atoms with van der Waals surface area (Å²) in [6, 6.07) is 9.60. The average Bonchev–Trinajstić information content (AvgIpc) is 2.65. The second kappa shape index (κ2) is 7.76. The molecule has 4 nitrogen and oxygen atoms in total. The third-order valence-corrected chi connectivity index (χ3v) is 4.21. The van der Waals surface area contributed by atoms with E-state index in [-0.39, 0.29) is 18.0 Å². The zero-order chi connectivity index (χ0) is 17.2. The van der Waals surface area contributed by atoms with Crippen LogP contribution in [0.4, 0.5) is 20.3 Å².